The summed E-state index contributed by atoms with van der Waals surface area (Å²) in [6.07, 6.45) is -1.97. The van der Waals surface area contributed by atoms with Gasteiger partial charge in [-0.3, -0.25) is 4.68 Å². The molecule has 0 aliphatic carbocycles. The number of hydrogen-bond donors (Lipinski definition) is 3. The number of rotatable bonds is 6. The van der Waals surface area contributed by atoms with Gasteiger partial charge in [0.1, 0.15) is 5.60 Å². The van der Waals surface area contributed by atoms with Crippen molar-refractivity contribution in [2.75, 3.05) is 19.6 Å². The highest BCUT2D eigenvalue weighted by molar-refractivity contribution is 5.79. The SMILES string of the molecule is CCNC(=NCC(C)(O)c1cnn(C)c1)NCCC(F)(F)F. The zero-order valence-electron chi connectivity index (χ0n) is 12.9. The Bertz CT molecular complexity index is 496. The van der Waals surface area contributed by atoms with Gasteiger partial charge in [0.05, 0.1) is 19.2 Å². The summed E-state index contributed by atoms with van der Waals surface area (Å²) in [4.78, 5) is 4.13. The molecule has 126 valence electrons. The van der Waals surface area contributed by atoms with Gasteiger partial charge >= 0.3 is 6.18 Å². The second kappa shape index (κ2) is 7.48. The average molecular weight is 321 g/mol. The largest absolute Gasteiger partial charge is 0.390 e. The number of alkyl halides is 3. The molecule has 0 saturated carbocycles. The Morgan fingerprint density at radius 1 is 1.41 bits per heavy atom. The Morgan fingerprint density at radius 3 is 2.59 bits per heavy atom. The van der Waals surface area contributed by atoms with E-state index < -0.39 is 18.2 Å². The molecule has 1 rings (SSSR count). The van der Waals surface area contributed by atoms with Crippen LogP contribution in [0.4, 0.5) is 13.2 Å². The lowest BCUT2D eigenvalue weighted by Crippen LogP contribution is -2.40. The summed E-state index contributed by atoms with van der Waals surface area (Å²) in [6.45, 7) is 3.62. The second-order valence-electron chi connectivity index (χ2n) is 5.16. The molecule has 1 atom stereocenters. The van der Waals surface area contributed by atoms with Gasteiger partial charge in [0, 0.05) is 31.9 Å². The van der Waals surface area contributed by atoms with Crippen LogP contribution in [0.3, 0.4) is 0 Å². The number of aliphatic hydroxyl groups is 1. The van der Waals surface area contributed by atoms with Gasteiger partial charge in [0.25, 0.3) is 0 Å². The molecule has 9 heteroatoms. The van der Waals surface area contributed by atoms with E-state index >= 15 is 0 Å². The van der Waals surface area contributed by atoms with Crippen LogP contribution in [0, 0.1) is 0 Å². The van der Waals surface area contributed by atoms with Crippen LogP contribution in [0.1, 0.15) is 25.8 Å². The van der Waals surface area contributed by atoms with Gasteiger partial charge in [-0.2, -0.15) is 18.3 Å². The zero-order chi connectivity index (χ0) is 16.8. The topological polar surface area (TPSA) is 74.5 Å². The Balaban J connectivity index is 2.64. The summed E-state index contributed by atoms with van der Waals surface area (Å²) >= 11 is 0. The molecular formula is C13H22F3N5O. The maximum absolute atomic E-state index is 12.1. The molecule has 1 heterocycles. The molecule has 0 fully saturated rings. The van der Waals surface area contributed by atoms with Gasteiger partial charge in [-0.1, -0.05) is 0 Å². The minimum Gasteiger partial charge on any atom is -0.383 e. The van der Waals surface area contributed by atoms with Crippen molar-refractivity contribution >= 4 is 5.96 Å². The lowest BCUT2D eigenvalue weighted by atomic mass is 10.0. The van der Waals surface area contributed by atoms with Crippen molar-refractivity contribution in [3.05, 3.63) is 18.0 Å². The molecule has 0 spiro atoms. The first-order valence-corrected chi connectivity index (χ1v) is 6.94. The number of nitrogens with one attached hydrogen (secondary N) is 2. The van der Waals surface area contributed by atoms with Crippen LogP contribution >= 0.6 is 0 Å². The van der Waals surface area contributed by atoms with E-state index in [1.807, 2.05) is 0 Å². The summed E-state index contributed by atoms with van der Waals surface area (Å²) in [7, 11) is 1.73. The molecular weight excluding hydrogens is 299 g/mol. The maximum Gasteiger partial charge on any atom is 0.390 e. The third-order valence-electron chi connectivity index (χ3n) is 2.92. The molecule has 0 aliphatic heterocycles. The van der Waals surface area contributed by atoms with Crippen molar-refractivity contribution in [3.8, 4) is 0 Å². The molecule has 0 radical (unpaired) electrons. The molecule has 1 aromatic heterocycles. The lowest BCUT2D eigenvalue weighted by molar-refractivity contribution is -0.132. The first kappa shape index (κ1) is 18.3. The first-order valence-electron chi connectivity index (χ1n) is 6.94. The van der Waals surface area contributed by atoms with E-state index in [2.05, 4.69) is 20.7 Å². The predicted octanol–water partition coefficient (Wildman–Crippen LogP) is 1.14. The summed E-state index contributed by atoms with van der Waals surface area (Å²) in [5.74, 6) is 0.232. The molecule has 0 aliphatic rings. The smallest absolute Gasteiger partial charge is 0.383 e. The second-order valence-corrected chi connectivity index (χ2v) is 5.16. The first-order chi connectivity index (χ1) is 10.1. The highest BCUT2D eigenvalue weighted by Crippen LogP contribution is 2.20. The van der Waals surface area contributed by atoms with E-state index in [0.717, 1.165) is 0 Å². The summed E-state index contributed by atoms with van der Waals surface area (Å²) in [6, 6.07) is 0. The monoisotopic (exact) mass is 321 g/mol. The van der Waals surface area contributed by atoms with E-state index in [9.17, 15) is 18.3 Å². The van der Waals surface area contributed by atoms with Gasteiger partial charge in [-0.25, -0.2) is 4.99 Å². The molecule has 1 aromatic rings. The number of aromatic nitrogens is 2. The molecule has 6 nitrogen and oxygen atoms in total. The Hall–Kier alpha value is -1.77. The summed E-state index contributed by atoms with van der Waals surface area (Å²) < 4.78 is 38.0. The minimum atomic E-state index is -4.22. The Kier molecular flexibility index (Phi) is 6.21. The van der Waals surface area contributed by atoms with Crippen LogP contribution in [0.15, 0.2) is 17.4 Å². The number of nitrogens with zero attached hydrogens (tertiary/aromatic N) is 3. The molecule has 3 N–H and O–H groups in total. The van der Waals surface area contributed by atoms with Crippen molar-refractivity contribution in [1.29, 1.82) is 0 Å². The van der Waals surface area contributed by atoms with E-state index in [1.54, 1.807) is 31.8 Å². The fourth-order valence-corrected chi connectivity index (χ4v) is 1.69. The van der Waals surface area contributed by atoms with Gasteiger partial charge in [0.15, 0.2) is 5.96 Å². The minimum absolute atomic E-state index is 0.0000442. The van der Waals surface area contributed by atoms with Gasteiger partial charge < -0.3 is 15.7 Å². The quantitative estimate of drug-likeness (QED) is 0.542. The van der Waals surface area contributed by atoms with E-state index in [1.165, 1.54) is 6.20 Å². The van der Waals surface area contributed by atoms with Crippen molar-refractivity contribution in [2.24, 2.45) is 12.0 Å². The maximum atomic E-state index is 12.1. The molecule has 0 amide bonds. The van der Waals surface area contributed by atoms with Gasteiger partial charge in [0.2, 0.25) is 0 Å². The number of aryl methyl sites for hydroxylation is 1. The van der Waals surface area contributed by atoms with E-state index in [4.69, 9.17) is 0 Å². The molecule has 1 unspecified atom stereocenters. The number of halogens is 3. The van der Waals surface area contributed by atoms with Crippen LogP contribution < -0.4 is 10.6 Å². The van der Waals surface area contributed by atoms with Gasteiger partial charge in [-0.15, -0.1) is 0 Å². The van der Waals surface area contributed by atoms with E-state index in [0.29, 0.717) is 12.1 Å². The van der Waals surface area contributed by atoms with Crippen molar-refractivity contribution in [2.45, 2.75) is 32.0 Å². The normalized spacial score (nSPS) is 15.5. The highest BCUT2D eigenvalue weighted by atomic mass is 19.4. The highest BCUT2D eigenvalue weighted by Gasteiger charge is 2.27. The molecule has 0 bridgehead atoms. The van der Waals surface area contributed by atoms with E-state index in [-0.39, 0.29) is 19.0 Å². The summed E-state index contributed by atoms with van der Waals surface area (Å²) in [5, 5.41) is 19.8. The van der Waals surface area contributed by atoms with Crippen molar-refractivity contribution < 1.29 is 18.3 Å². The fraction of sp³-hybridized carbons (Fsp3) is 0.692. The van der Waals surface area contributed by atoms with Crippen LogP contribution in [-0.4, -0.2) is 46.7 Å². The number of hydrogen-bond acceptors (Lipinski definition) is 3. The van der Waals surface area contributed by atoms with Gasteiger partial charge in [-0.05, 0) is 13.8 Å². The average Bonchev–Trinajstić information content (AvgIpc) is 2.82. The van der Waals surface area contributed by atoms with Crippen LogP contribution in [-0.2, 0) is 12.6 Å². The third kappa shape index (κ3) is 6.33. The zero-order valence-corrected chi connectivity index (χ0v) is 12.9. The number of guanidine groups is 1. The Labute approximate surface area is 127 Å². The van der Waals surface area contributed by atoms with Crippen molar-refractivity contribution in [1.82, 2.24) is 20.4 Å². The lowest BCUT2D eigenvalue weighted by Gasteiger charge is -2.20. The fourth-order valence-electron chi connectivity index (χ4n) is 1.69. The Morgan fingerprint density at radius 2 is 2.09 bits per heavy atom. The third-order valence-corrected chi connectivity index (χ3v) is 2.92. The van der Waals surface area contributed by atoms with Crippen molar-refractivity contribution in [3.63, 3.8) is 0 Å². The van der Waals surface area contributed by atoms with Crippen LogP contribution in [0.25, 0.3) is 0 Å². The molecule has 0 aromatic carbocycles. The summed E-state index contributed by atoms with van der Waals surface area (Å²) in [5.41, 5.74) is -0.662. The molecule has 0 saturated heterocycles. The standard InChI is InChI=1S/C13H22F3N5O/c1-4-17-11(18-6-5-13(14,15)16)19-9-12(2,22)10-7-20-21(3)8-10/h7-8,22H,4-6,9H2,1-3H3,(H2,17,18,19). The predicted molar refractivity (Wildman–Crippen MR) is 77.4 cm³/mol. The van der Waals surface area contributed by atoms with Crippen LogP contribution in [0.5, 0.6) is 0 Å². The number of aliphatic imine (C=N–C) groups is 1. The van der Waals surface area contributed by atoms with Crippen LogP contribution in [0.2, 0.25) is 0 Å². The molecule has 22 heavy (non-hydrogen) atoms.